The van der Waals surface area contributed by atoms with Crippen molar-refractivity contribution in [2.75, 3.05) is 0 Å². The molecular weight excluding hydrogens is 326 g/mol. The molecule has 2 heterocycles. The molecule has 0 saturated carbocycles. The third-order valence-corrected chi connectivity index (χ3v) is 6.06. The van der Waals surface area contributed by atoms with E-state index in [0.29, 0.717) is 0 Å². The van der Waals surface area contributed by atoms with Crippen molar-refractivity contribution < 1.29 is 0 Å². The molecule has 0 fully saturated rings. The van der Waals surface area contributed by atoms with Crippen LogP contribution in [0.4, 0.5) is 0 Å². The van der Waals surface area contributed by atoms with Crippen LogP contribution in [0.15, 0.2) is 25.8 Å². The average molecular weight is 336 g/mol. The summed E-state index contributed by atoms with van der Waals surface area (Å²) in [4.78, 5) is 1.27. The second-order valence-corrected chi connectivity index (χ2v) is 7.96. The third-order valence-electron chi connectivity index (χ3n) is 1.92. The Morgan fingerprint density at radius 1 is 1.50 bits per heavy atom. The summed E-state index contributed by atoms with van der Waals surface area (Å²) in [5.41, 5.74) is 7.76. The van der Waals surface area contributed by atoms with E-state index in [1.807, 2.05) is 6.92 Å². The van der Waals surface area contributed by atoms with Crippen molar-refractivity contribution >= 4 is 50.4 Å². The van der Waals surface area contributed by atoms with E-state index in [1.54, 1.807) is 39.9 Å². The van der Waals surface area contributed by atoms with Gasteiger partial charge in [0.05, 0.1) is 9.04 Å². The normalized spacial score (nSPS) is 14.9. The molecule has 0 saturated heterocycles. The van der Waals surface area contributed by atoms with Crippen LogP contribution in [-0.2, 0) is 0 Å². The molecule has 0 aromatic carbocycles. The highest BCUT2D eigenvalue weighted by Gasteiger charge is 2.20. The predicted octanol–water partition coefficient (Wildman–Crippen LogP) is 3.54. The molecule has 0 spiro atoms. The Labute approximate surface area is 115 Å². The van der Waals surface area contributed by atoms with E-state index < -0.39 is 0 Å². The van der Waals surface area contributed by atoms with E-state index in [1.165, 1.54) is 4.88 Å². The summed E-state index contributed by atoms with van der Waals surface area (Å²) in [5, 5.41) is 8.11. The molecule has 2 N–H and O–H groups in total. The van der Waals surface area contributed by atoms with E-state index in [4.69, 9.17) is 5.73 Å². The zero-order valence-corrected chi connectivity index (χ0v) is 12.5. The second kappa shape index (κ2) is 5.59. The van der Waals surface area contributed by atoms with Gasteiger partial charge in [-0.15, -0.1) is 21.5 Å². The number of aromatic nitrogens is 2. The monoisotopic (exact) mass is 335 g/mol. The van der Waals surface area contributed by atoms with Gasteiger partial charge in [-0.2, -0.15) is 0 Å². The molecule has 3 nitrogen and oxygen atoms in total. The first-order valence-corrected chi connectivity index (χ1v) is 7.97. The van der Waals surface area contributed by atoms with Gasteiger partial charge in [0.2, 0.25) is 0 Å². The number of halogens is 1. The fourth-order valence-corrected chi connectivity index (χ4v) is 4.70. The number of hydrogen-bond acceptors (Lipinski definition) is 6. The number of nitrogens with zero attached hydrogens (tertiary/aromatic N) is 2. The number of rotatable bonds is 4. The highest BCUT2D eigenvalue weighted by molar-refractivity contribution is 9.11. The van der Waals surface area contributed by atoms with Crippen LogP contribution >= 0.6 is 50.4 Å². The van der Waals surface area contributed by atoms with Gasteiger partial charge in [0, 0.05) is 10.9 Å². The van der Waals surface area contributed by atoms with Crippen molar-refractivity contribution in [2.24, 2.45) is 5.73 Å². The van der Waals surface area contributed by atoms with Crippen molar-refractivity contribution in [3.63, 3.8) is 0 Å². The molecular formula is C9H10BrN3S3. The molecule has 0 aliphatic rings. The molecule has 0 amide bonds. The van der Waals surface area contributed by atoms with Gasteiger partial charge in [-0.05, 0) is 35.0 Å². The lowest BCUT2D eigenvalue weighted by molar-refractivity contribution is 0.729. The maximum atomic E-state index is 6.02. The fourth-order valence-electron chi connectivity index (χ4n) is 1.23. The van der Waals surface area contributed by atoms with Crippen LogP contribution in [-0.4, -0.2) is 16.2 Å². The van der Waals surface area contributed by atoms with Crippen LogP contribution in [0.1, 0.15) is 17.1 Å². The van der Waals surface area contributed by atoms with Gasteiger partial charge < -0.3 is 5.73 Å². The molecule has 2 atom stereocenters. The Morgan fingerprint density at radius 2 is 2.31 bits per heavy atom. The first kappa shape index (κ1) is 12.5. The quantitative estimate of drug-likeness (QED) is 0.868. The lowest BCUT2D eigenvalue weighted by Gasteiger charge is -2.16. The van der Waals surface area contributed by atoms with Crippen LogP contribution in [0.5, 0.6) is 0 Å². The van der Waals surface area contributed by atoms with Crippen molar-refractivity contribution in [3.8, 4) is 0 Å². The first-order chi connectivity index (χ1) is 7.66. The summed E-state index contributed by atoms with van der Waals surface area (Å²) in [7, 11) is 0. The van der Waals surface area contributed by atoms with E-state index in [-0.39, 0.29) is 11.3 Å². The van der Waals surface area contributed by atoms with Crippen LogP contribution in [0.3, 0.4) is 0 Å². The minimum Gasteiger partial charge on any atom is -0.327 e. The Hall–Kier alpha value is 0.0500. The van der Waals surface area contributed by atoms with Gasteiger partial charge in [-0.25, -0.2) is 0 Å². The summed E-state index contributed by atoms with van der Waals surface area (Å²) in [6, 6.07) is 4.24. The van der Waals surface area contributed by atoms with Crippen molar-refractivity contribution in [3.05, 3.63) is 26.3 Å². The highest BCUT2D eigenvalue weighted by atomic mass is 79.9. The molecule has 2 unspecified atom stereocenters. The number of hydrogen-bond donors (Lipinski definition) is 1. The minimum atomic E-state index is 0.0828. The summed E-state index contributed by atoms with van der Waals surface area (Å²) in [6.07, 6.45) is 0. The molecule has 0 aliphatic carbocycles. The van der Waals surface area contributed by atoms with Gasteiger partial charge in [0.15, 0.2) is 4.34 Å². The first-order valence-electron chi connectivity index (χ1n) is 4.60. The molecule has 0 aliphatic heterocycles. The third kappa shape index (κ3) is 3.04. The van der Waals surface area contributed by atoms with Gasteiger partial charge >= 0.3 is 0 Å². The molecule has 2 aromatic rings. The van der Waals surface area contributed by atoms with Crippen LogP contribution in [0.25, 0.3) is 0 Å². The van der Waals surface area contributed by atoms with E-state index in [9.17, 15) is 0 Å². The van der Waals surface area contributed by atoms with Crippen molar-refractivity contribution in [1.82, 2.24) is 10.2 Å². The number of thioether (sulfide) groups is 1. The van der Waals surface area contributed by atoms with Crippen molar-refractivity contribution in [1.29, 1.82) is 0 Å². The van der Waals surface area contributed by atoms with Gasteiger partial charge in [0.25, 0.3) is 0 Å². The van der Waals surface area contributed by atoms with Gasteiger partial charge in [0.1, 0.15) is 5.51 Å². The topological polar surface area (TPSA) is 51.8 Å². The molecule has 2 rings (SSSR count). The minimum absolute atomic E-state index is 0.0828. The maximum absolute atomic E-state index is 6.02. The molecule has 2 aromatic heterocycles. The van der Waals surface area contributed by atoms with Crippen LogP contribution < -0.4 is 5.73 Å². The lowest BCUT2D eigenvalue weighted by Crippen LogP contribution is -2.21. The summed E-state index contributed by atoms with van der Waals surface area (Å²) in [5.74, 6) is 0. The maximum Gasteiger partial charge on any atom is 0.174 e. The number of thiophene rings is 1. The predicted molar refractivity (Wildman–Crippen MR) is 74.2 cm³/mol. The largest absolute Gasteiger partial charge is 0.327 e. The summed E-state index contributed by atoms with van der Waals surface area (Å²) >= 11 is 8.42. The average Bonchev–Trinajstić information content (AvgIpc) is 2.84. The molecule has 0 radical (unpaired) electrons. The van der Waals surface area contributed by atoms with E-state index in [2.05, 4.69) is 38.3 Å². The van der Waals surface area contributed by atoms with Gasteiger partial charge in [-0.1, -0.05) is 23.1 Å². The standard InChI is InChI=1S/C9H10BrN3S3/c1-5(11)8(6-2-3-7(10)15-6)16-9-13-12-4-14-9/h2-5,8H,11H2,1H3. The highest BCUT2D eigenvalue weighted by Crippen LogP contribution is 2.41. The van der Waals surface area contributed by atoms with E-state index >= 15 is 0 Å². The lowest BCUT2D eigenvalue weighted by atomic mass is 10.2. The Morgan fingerprint density at radius 3 is 2.81 bits per heavy atom. The zero-order valence-electron chi connectivity index (χ0n) is 8.46. The molecule has 16 heavy (non-hydrogen) atoms. The smallest absolute Gasteiger partial charge is 0.174 e. The summed E-state index contributed by atoms with van der Waals surface area (Å²) < 4.78 is 2.10. The van der Waals surface area contributed by atoms with Crippen LogP contribution in [0, 0.1) is 0 Å². The Bertz CT molecular complexity index is 441. The van der Waals surface area contributed by atoms with E-state index in [0.717, 1.165) is 8.13 Å². The molecule has 7 heteroatoms. The summed E-state index contributed by atoms with van der Waals surface area (Å²) in [6.45, 7) is 2.02. The second-order valence-electron chi connectivity index (χ2n) is 3.24. The SMILES string of the molecule is CC(N)C(Sc1nncs1)c1ccc(Br)s1. The zero-order chi connectivity index (χ0) is 11.5. The van der Waals surface area contributed by atoms with Crippen LogP contribution in [0.2, 0.25) is 0 Å². The molecule has 0 bridgehead atoms. The number of nitrogens with two attached hydrogens (primary N) is 1. The Balaban J connectivity index is 2.18. The van der Waals surface area contributed by atoms with Gasteiger partial charge in [-0.3, -0.25) is 0 Å². The Kier molecular flexibility index (Phi) is 4.37. The molecule has 86 valence electrons. The van der Waals surface area contributed by atoms with Crippen molar-refractivity contribution in [2.45, 2.75) is 22.6 Å². The fraction of sp³-hybridized carbons (Fsp3) is 0.333.